The largest absolute Gasteiger partial charge is 0.352 e. The zero-order valence-electron chi connectivity index (χ0n) is 21.4. The van der Waals surface area contributed by atoms with E-state index in [1.165, 1.54) is 5.56 Å². The van der Waals surface area contributed by atoms with Crippen molar-refractivity contribution in [1.82, 2.24) is 10.6 Å². The molecule has 0 unspecified atom stereocenters. The van der Waals surface area contributed by atoms with Gasteiger partial charge in [0.1, 0.15) is 5.70 Å². The topological polar surface area (TPSA) is 87.3 Å². The molecular formula is C32H28ClN3O3. The second kappa shape index (κ2) is 13.2. The highest BCUT2D eigenvalue weighted by atomic mass is 35.5. The highest BCUT2D eigenvalue weighted by molar-refractivity contribution is 6.30. The van der Waals surface area contributed by atoms with E-state index < -0.39 is 11.8 Å². The van der Waals surface area contributed by atoms with E-state index >= 15 is 0 Å². The van der Waals surface area contributed by atoms with Gasteiger partial charge in [-0.3, -0.25) is 14.4 Å². The Labute approximate surface area is 232 Å². The van der Waals surface area contributed by atoms with Gasteiger partial charge in [0, 0.05) is 22.8 Å². The Balaban J connectivity index is 1.40. The normalized spacial score (nSPS) is 11.0. The van der Waals surface area contributed by atoms with E-state index in [1.54, 1.807) is 78.9 Å². The molecule has 0 spiro atoms. The number of rotatable bonds is 9. The summed E-state index contributed by atoms with van der Waals surface area (Å²) in [6.07, 6.45) is 1.80. The van der Waals surface area contributed by atoms with Gasteiger partial charge >= 0.3 is 0 Å². The van der Waals surface area contributed by atoms with Gasteiger partial charge in [-0.1, -0.05) is 83.9 Å². The second-order valence-electron chi connectivity index (χ2n) is 9.02. The van der Waals surface area contributed by atoms with Crippen molar-refractivity contribution in [2.24, 2.45) is 0 Å². The van der Waals surface area contributed by atoms with Crippen molar-refractivity contribution in [3.63, 3.8) is 0 Å². The number of hydrogen-bond donors (Lipinski definition) is 3. The summed E-state index contributed by atoms with van der Waals surface area (Å²) >= 11 is 5.98. The minimum absolute atomic E-state index is 0.0748. The minimum atomic E-state index is -0.488. The number of carbonyl (C=O) groups is 3. The van der Waals surface area contributed by atoms with Gasteiger partial charge in [0.25, 0.3) is 11.8 Å². The van der Waals surface area contributed by atoms with Crippen LogP contribution >= 0.6 is 11.6 Å². The molecule has 0 heterocycles. The van der Waals surface area contributed by atoms with Gasteiger partial charge in [-0.2, -0.15) is 0 Å². The van der Waals surface area contributed by atoms with Crippen LogP contribution < -0.4 is 16.0 Å². The van der Waals surface area contributed by atoms with E-state index in [0.717, 1.165) is 11.1 Å². The van der Waals surface area contributed by atoms with Gasteiger partial charge in [-0.05, 0) is 66.1 Å². The van der Waals surface area contributed by atoms with Crippen LogP contribution in [0, 0.1) is 6.92 Å². The molecule has 0 saturated carbocycles. The number of amides is 3. The molecule has 6 nitrogen and oxygen atoms in total. The number of nitrogens with one attached hydrogen (secondary N) is 3. The SMILES string of the molecule is Cc1ccc(CNC(=O)Cc2ccc(NC(=O)/C(=C/c3ccc(Cl)cc3)NC(=O)c3ccccc3)cc2)cc1. The Morgan fingerprint density at radius 1 is 0.769 bits per heavy atom. The maximum atomic E-state index is 13.2. The third-order valence-corrected chi connectivity index (χ3v) is 6.15. The van der Waals surface area contributed by atoms with E-state index in [4.69, 9.17) is 11.6 Å². The van der Waals surface area contributed by atoms with Gasteiger partial charge in [0.05, 0.1) is 6.42 Å². The molecule has 7 heteroatoms. The number of halogens is 1. The summed E-state index contributed by atoms with van der Waals surface area (Å²) in [5, 5.41) is 9.01. The quantitative estimate of drug-likeness (QED) is 0.232. The fourth-order valence-corrected chi connectivity index (χ4v) is 3.85. The molecule has 0 saturated heterocycles. The maximum Gasteiger partial charge on any atom is 0.272 e. The van der Waals surface area contributed by atoms with E-state index in [2.05, 4.69) is 16.0 Å². The number of benzene rings is 4. The van der Waals surface area contributed by atoms with Crippen LogP contribution in [0.4, 0.5) is 5.69 Å². The molecule has 0 aromatic heterocycles. The first-order chi connectivity index (χ1) is 18.9. The van der Waals surface area contributed by atoms with Crippen molar-refractivity contribution in [2.75, 3.05) is 5.32 Å². The fraction of sp³-hybridized carbons (Fsp3) is 0.0938. The molecule has 0 atom stereocenters. The van der Waals surface area contributed by atoms with Gasteiger partial charge in [-0.25, -0.2) is 0 Å². The van der Waals surface area contributed by atoms with Crippen LogP contribution in [0.1, 0.15) is 32.6 Å². The van der Waals surface area contributed by atoms with E-state index in [1.807, 2.05) is 37.3 Å². The third-order valence-electron chi connectivity index (χ3n) is 5.90. The molecule has 0 aliphatic heterocycles. The van der Waals surface area contributed by atoms with Gasteiger partial charge in [0.15, 0.2) is 0 Å². The van der Waals surface area contributed by atoms with Crippen LogP contribution in [0.25, 0.3) is 6.08 Å². The zero-order valence-corrected chi connectivity index (χ0v) is 22.2. The number of hydrogen-bond acceptors (Lipinski definition) is 3. The Hall–Kier alpha value is -4.68. The van der Waals surface area contributed by atoms with Crippen molar-refractivity contribution in [3.05, 3.63) is 142 Å². The number of carbonyl (C=O) groups excluding carboxylic acids is 3. The van der Waals surface area contributed by atoms with E-state index in [9.17, 15) is 14.4 Å². The molecule has 0 bridgehead atoms. The molecule has 3 amide bonds. The molecule has 4 aromatic rings. The van der Waals surface area contributed by atoms with Gasteiger partial charge < -0.3 is 16.0 Å². The number of aryl methyl sites for hydroxylation is 1. The summed E-state index contributed by atoms with van der Waals surface area (Å²) in [5.41, 5.74) is 4.74. The van der Waals surface area contributed by atoms with Crippen LogP contribution in [-0.2, 0) is 22.6 Å². The molecule has 39 heavy (non-hydrogen) atoms. The summed E-state index contributed by atoms with van der Waals surface area (Å²) in [7, 11) is 0. The zero-order chi connectivity index (χ0) is 27.6. The van der Waals surface area contributed by atoms with Crippen LogP contribution in [0.2, 0.25) is 5.02 Å². The molecule has 0 aliphatic carbocycles. The Morgan fingerprint density at radius 3 is 2.08 bits per heavy atom. The lowest BCUT2D eigenvalue weighted by Crippen LogP contribution is -2.30. The molecule has 0 radical (unpaired) electrons. The first-order valence-corrected chi connectivity index (χ1v) is 12.8. The second-order valence-corrected chi connectivity index (χ2v) is 9.46. The predicted molar refractivity (Wildman–Crippen MR) is 155 cm³/mol. The van der Waals surface area contributed by atoms with Crippen LogP contribution in [0.5, 0.6) is 0 Å². The highest BCUT2D eigenvalue weighted by Crippen LogP contribution is 2.15. The molecule has 0 aliphatic rings. The Morgan fingerprint density at radius 2 is 1.41 bits per heavy atom. The van der Waals surface area contributed by atoms with E-state index in [-0.39, 0.29) is 18.0 Å². The average molecular weight is 538 g/mol. The molecule has 196 valence electrons. The minimum Gasteiger partial charge on any atom is -0.352 e. The van der Waals surface area contributed by atoms with Crippen molar-refractivity contribution >= 4 is 41.1 Å². The fourth-order valence-electron chi connectivity index (χ4n) is 3.73. The summed E-state index contributed by atoms with van der Waals surface area (Å²) in [4.78, 5) is 38.3. The lowest BCUT2D eigenvalue weighted by molar-refractivity contribution is -0.120. The predicted octanol–water partition coefficient (Wildman–Crippen LogP) is 5.92. The van der Waals surface area contributed by atoms with Crippen molar-refractivity contribution < 1.29 is 14.4 Å². The van der Waals surface area contributed by atoms with Crippen molar-refractivity contribution in [2.45, 2.75) is 19.9 Å². The lowest BCUT2D eigenvalue weighted by Gasteiger charge is -2.12. The van der Waals surface area contributed by atoms with Gasteiger partial charge in [-0.15, -0.1) is 0 Å². The van der Waals surface area contributed by atoms with Crippen LogP contribution in [0.3, 0.4) is 0 Å². The molecule has 4 rings (SSSR count). The average Bonchev–Trinajstić information content (AvgIpc) is 2.95. The van der Waals surface area contributed by atoms with Crippen LogP contribution in [0.15, 0.2) is 109 Å². The molecule has 4 aromatic carbocycles. The van der Waals surface area contributed by atoms with Crippen molar-refractivity contribution in [3.8, 4) is 0 Å². The third kappa shape index (κ3) is 8.42. The highest BCUT2D eigenvalue weighted by Gasteiger charge is 2.15. The molecular weight excluding hydrogens is 510 g/mol. The summed E-state index contributed by atoms with van der Waals surface area (Å²) in [5.74, 6) is -0.986. The van der Waals surface area contributed by atoms with Gasteiger partial charge in [0.2, 0.25) is 5.91 Å². The van der Waals surface area contributed by atoms with E-state index in [0.29, 0.717) is 28.4 Å². The Bertz CT molecular complexity index is 1460. The molecule has 0 fully saturated rings. The smallest absolute Gasteiger partial charge is 0.272 e. The van der Waals surface area contributed by atoms with Crippen LogP contribution in [-0.4, -0.2) is 17.7 Å². The van der Waals surface area contributed by atoms with Crippen molar-refractivity contribution in [1.29, 1.82) is 0 Å². The number of anilines is 1. The monoisotopic (exact) mass is 537 g/mol. The lowest BCUT2D eigenvalue weighted by atomic mass is 10.1. The standard InChI is InChI=1S/C32H28ClN3O3/c1-22-7-9-25(10-8-22)21-34-30(37)20-24-13-17-28(18-14-24)35-32(39)29(19-23-11-15-27(33)16-12-23)36-31(38)26-5-3-2-4-6-26/h2-19H,20-21H2,1H3,(H,34,37)(H,35,39)(H,36,38)/b29-19-. The molecule has 3 N–H and O–H groups in total. The maximum absolute atomic E-state index is 13.2. The summed E-state index contributed by atoms with van der Waals surface area (Å²) in [6.45, 7) is 2.48. The Kier molecular flexibility index (Phi) is 9.27. The summed E-state index contributed by atoms with van der Waals surface area (Å²) < 4.78 is 0. The first-order valence-electron chi connectivity index (χ1n) is 12.4. The summed E-state index contributed by atoms with van der Waals surface area (Å²) in [6, 6.07) is 30.6. The first kappa shape index (κ1) is 27.4.